The lowest BCUT2D eigenvalue weighted by Gasteiger charge is -2.11. The van der Waals surface area contributed by atoms with Gasteiger partial charge in [-0.05, 0) is 24.2 Å². The number of phenols is 1. The van der Waals surface area contributed by atoms with Crippen LogP contribution in [0.2, 0.25) is 0 Å². The van der Waals surface area contributed by atoms with Crippen LogP contribution in [-0.4, -0.2) is 17.6 Å². The van der Waals surface area contributed by atoms with Gasteiger partial charge in [-0.3, -0.25) is 4.79 Å². The van der Waals surface area contributed by atoms with Crippen molar-refractivity contribution in [3.63, 3.8) is 0 Å². The third-order valence-corrected chi connectivity index (χ3v) is 3.20. The number of hydrogen-bond donors (Lipinski definition) is 3. The van der Waals surface area contributed by atoms with E-state index in [4.69, 9.17) is 0 Å². The maximum atomic E-state index is 12.1. The molecule has 0 spiro atoms. The van der Waals surface area contributed by atoms with Crippen LogP contribution in [0.3, 0.4) is 0 Å². The van der Waals surface area contributed by atoms with Crippen LogP contribution in [0, 0.1) is 0 Å². The maximum absolute atomic E-state index is 12.1. The fraction of sp³-hybridized carbons (Fsp3) is 0.235. The third kappa shape index (κ3) is 4.33. The molecule has 2 rings (SSSR count). The molecule has 1 amide bonds. The van der Waals surface area contributed by atoms with Crippen molar-refractivity contribution in [2.24, 2.45) is 0 Å². The van der Waals surface area contributed by atoms with E-state index in [1.54, 1.807) is 24.3 Å². The number of carbonyl (C=O) groups excluding carboxylic acids is 1. The van der Waals surface area contributed by atoms with Gasteiger partial charge in [-0.25, -0.2) is 0 Å². The molecule has 0 unspecified atom stereocenters. The highest BCUT2D eigenvalue weighted by Gasteiger charge is 2.09. The van der Waals surface area contributed by atoms with Crippen molar-refractivity contribution in [3.8, 4) is 5.75 Å². The maximum Gasteiger partial charge on any atom is 0.228 e. The summed E-state index contributed by atoms with van der Waals surface area (Å²) in [5.41, 5.74) is 2.48. The zero-order valence-electron chi connectivity index (χ0n) is 12.1. The van der Waals surface area contributed by atoms with Gasteiger partial charge in [-0.2, -0.15) is 0 Å². The molecule has 0 aliphatic carbocycles. The lowest BCUT2D eigenvalue weighted by atomic mass is 10.1. The van der Waals surface area contributed by atoms with E-state index < -0.39 is 0 Å². The summed E-state index contributed by atoms with van der Waals surface area (Å²) in [6, 6.07) is 14.6. The van der Waals surface area contributed by atoms with Gasteiger partial charge in [-0.15, -0.1) is 0 Å². The third-order valence-electron chi connectivity index (χ3n) is 3.20. The molecule has 21 heavy (non-hydrogen) atoms. The Labute approximate surface area is 124 Å². The lowest BCUT2D eigenvalue weighted by Crippen LogP contribution is -2.18. The summed E-state index contributed by atoms with van der Waals surface area (Å²) in [6.07, 6.45) is 0.155. The number of hydrogen-bond acceptors (Lipinski definition) is 3. The molecule has 0 bridgehead atoms. The van der Waals surface area contributed by atoms with Crippen molar-refractivity contribution < 1.29 is 9.90 Å². The largest absolute Gasteiger partial charge is 0.508 e. The van der Waals surface area contributed by atoms with Gasteiger partial charge in [0.25, 0.3) is 0 Å². The van der Waals surface area contributed by atoms with Gasteiger partial charge < -0.3 is 15.7 Å². The minimum absolute atomic E-state index is 0.138. The van der Waals surface area contributed by atoms with Crippen LogP contribution < -0.4 is 10.6 Å². The molecule has 0 atom stereocenters. The smallest absolute Gasteiger partial charge is 0.228 e. The monoisotopic (exact) mass is 284 g/mol. The summed E-state index contributed by atoms with van der Waals surface area (Å²) in [6.45, 7) is 3.63. The van der Waals surface area contributed by atoms with Crippen molar-refractivity contribution in [1.82, 2.24) is 5.32 Å². The summed E-state index contributed by atoms with van der Waals surface area (Å²) in [5, 5.41) is 15.9. The van der Waals surface area contributed by atoms with Crippen LogP contribution in [0.5, 0.6) is 5.75 Å². The average molecular weight is 284 g/mol. The average Bonchev–Trinajstić information content (AvgIpc) is 2.49. The molecule has 0 radical (unpaired) electrons. The van der Waals surface area contributed by atoms with E-state index in [0.717, 1.165) is 17.8 Å². The van der Waals surface area contributed by atoms with Crippen molar-refractivity contribution in [2.75, 3.05) is 11.9 Å². The summed E-state index contributed by atoms with van der Waals surface area (Å²) in [5.74, 6) is 0.00836. The molecule has 2 aromatic carbocycles. The van der Waals surface area contributed by atoms with Crippen molar-refractivity contribution in [1.29, 1.82) is 0 Å². The Morgan fingerprint density at radius 2 is 1.71 bits per heavy atom. The van der Waals surface area contributed by atoms with Crippen LogP contribution >= 0.6 is 0 Å². The predicted molar refractivity (Wildman–Crippen MR) is 84.3 cm³/mol. The van der Waals surface area contributed by atoms with Crippen molar-refractivity contribution in [3.05, 3.63) is 59.7 Å². The van der Waals surface area contributed by atoms with E-state index in [9.17, 15) is 9.90 Å². The van der Waals surface area contributed by atoms with E-state index >= 15 is 0 Å². The highest BCUT2D eigenvalue weighted by Crippen LogP contribution is 2.18. The second-order valence-corrected chi connectivity index (χ2v) is 4.79. The molecule has 0 saturated heterocycles. The van der Waals surface area contributed by atoms with Crippen molar-refractivity contribution in [2.45, 2.75) is 19.9 Å². The van der Waals surface area contributed by atoms with E-state index in [-0.39, 0.29) is 18.1 Å². The predicted octanol–water partition coefficient (Wildman–Crippen LogP) is 2.68. The summed E-state index contributed by atoms with van der Waals surface area (Å²) in [7, 11) is 0. The Hall–Kier alpha value is -2.33. The number of aromatic hydroxyl groups is 1. The van der Waals surface area contributed by atoms with Gasteiger partial charge in [0, 0.05) is 17.8 Å². The minimum Gasteiger partial charge on any atom is -0.508 e. The first kappa shape index (κ1) is 15.1. The van der Waals surface area contributed by atoms with Gasteiger partial charge in [0.15, 0.2) is 0 Å². The molecular weight excluding hydrogens is 264 g/mol. The Bertz CT molecular complexity index is 611. The zero-order chi connectivity index (χ0) is 15.1. The second kappa shape index (κ2) is 7.45. The Balaban J connectivity index is 2.04. The number of rotatable bonds is 6. The molecule has 0 aliphatic rings. The molecule has 4 heteroatoms. The van der Waals surface area contributed by atoms with Gasteiger partial charge in [0.05, 0.1) is 6.42 Å². The quantitative estimate of drug-likeness (QED) is 0.764. The first-order valence-corrected chi connectivity index (χ1v) is 7.06. The molecular formula is C17H20N2O2. The zero-order valence-corrected chi connectivity index (χ0v) is 12.1. The van der Waals surface area contributed by atoms with E-state index in [2.05, 4.69) is 10.6 Å². The molecule has 0 heterocycles. The normalized spacial score (nSPS) is 10.3. The van der Waals surface area contributed by atoms with Crippen LogP contribution in [0.25, 0.3) is 0 Å². The molecule has 2 aromatic rings. The van der Waals surface area contributed by atoms with Gasteiger partial charge in [-0.1, -0.05) is 43.3 Å². The fourth-order valence-electron chi connectivity index (χ4n) is 2.08. The van der Waals surface area contributed by atoms with Crippen LogP contribution in [0.4, 0.5) is 5.69 Å². The van der Waals surface area contributed by atoms with Crippen molar-refractivity contribution >= 4 is 11.6 Å². The Kier molecular flexibility index (Phi) is 5.35. The molecule has 110 valence electrons. The molecule has 0 aliphatic heterocycles. The first-order valence-electron chi connectivity index (χ1n) is 7.06. The van der Waals surface area contributed by atoms with Crippen LogP contribution in [0.1, 0.15) is 18.1 Å². The van der Waals surface area contributed by atoms with Gasteiger partial charge >= 0.3 is 0 Å². The summed E-state index contributed by atoms with van der Waals surface area (Å²) >= 11 is 0. The number of anilines is 1. The van der Waals surface area contributed by atoms with E-state index in [0.29, 0.717) is 12.1 Å². The number of nitrogens with one attached hydrogen (secondary N) is 2. The highest BCUT2D eigenvalue weighted by molar-refractivity contribution is 5.93. The number of para-hydroxylation sites is 2. The van der Waals surface area contributed by atoms with Crippen LogP contribution in [-0.2, 0) is 17.8 Å². The van der Waals surface area contributed by atoms with Crippen LogP contribution in [0.15, 0.2) is 48.5 Å². The molecule has 3 N–H and O–H groups in total. The Morgan fingerprint density at radius 1 is 1.05 bits per heavy atom. The first-order chi connectivity index (χ1) is 10.2. The highest BCUT2D eigenvalue weighted by atomic mass is 16.3. The SMILES string of the molecule is CCNCc1ccccc1NC(=O)Cc1ccccc1O. The number of benzene rings is 2. The standard InChI is InChI=1S/C17H20N2O2/c1-2-18-12-14-8-3-5-9-15(14)19-17(21)11-13-7-4-6-10-16(13)20/h3-10,18,20H,2,11-12H2,1H3,(H,19,21). The summed E-state index contributed by atoms with van der Waals surface area (Å²) < 4.78 is 0. The molecule has 0 aromatic heterocycles. The summed E-state index contributed by atoms with van der Waals surface area (Å²) in [4.78, 5) is 12.1. The van der Waals surface area contributed by atoms with Gasteiger partial charge in [0.1, 0.15) is 5.75 Å². The number of phenolic OH excluding ortho intramolecular Hbond substituents is 1. The number of amides is 1. The lowest BCUT2D eigenvalue weighted by molar-refractivity contribution is -0.115. The topological polar surface area (TPSA) is 61.4 Å². The fourth-order valence-corrected chi connectivity index (χ4v) is 2.08. The number of carbonyl (C=O) groups is 1. The second-order valence-electron chi connectivity index (χ2n) is 4.79. The van der Waals surface area contributed by atoms with E-state index in [1.807, 2.05) is 31.2 Å². The van der Waals surface area contributed by atoms with Gasteiger partial charge in [0.2, 0.25) is 5.91 Å². The Morgan fingerprint density at radius 3 is 2.43 bits per heavy atom. The molecule has 0 saturated carbocycles. The molecule has 4 nitrogen and oxygen atoms in total. The molecule has 0 fully saturated rings. The van der Waals surface area contributed by atoms with E-state index in [1.165, 1.54) is 0 Å². The minimum atomic E-state index is -0.138.